The Morgan fingerprint density at radius 2 is 2.27 bits per heavy atom. The SMILES string of the molecule is CCCCOCCC1(CNC)CCOC1. The monoisotopic (exact) mass is 215 g/mol. The molecule has 1 atom stereocenters. The molecule has 15 heavy (non-hydrogen) atoms. The molecule has 90 valence electrons. The van der Waals surface area contributed by atoms with Crippen LogP contribution in [0, 0.1) is 5.41 Å². The lowest BCUT2D eigenvalue weighted by Gasteiger charge is -2.26. The molecule has 1 saturated heterocycles. The fourth-order valence-corrected chi connectivity index (χ4v) is 2.09. The summed E-state index contributed by atoms with van der Waals surface area (Å²) in [6, 6.07) is 0. The zero-order valence-corrected chi connectivity index (χ0v) is 10.2. The minimum atomic E-state index is 0.334. The van der Waals surface area contributed by atoms with Gasteiger partial charge in [0.25, 0.3) is 0 Å². The summed E-state index contributed by atoms with van der Waals surface area (Å²) in [6.45, 7) is 6.83. The molecule has 1 rings (SSSR count). The van der Waals surface area contributed by atoms with E-state index in [9.17, 15) is 0 Å². The summed E-state index contributed by atoms with van der Waals surface area (Å²) in [7, 11) is 2.01. The predicted molar refractivity (Wildman–Crippen MR) is 62.1 cm³/mol. The van der Waals surface area contributed by atoms with Gasteiger partial charge in [0.2, 0.25) is 0 Å². The van der Waals surface area contributed by atoms with Gasteiger partial charge < -0.3 is 14.8 Å². The van der Waals surface area contributed by atoms with Gasteiger partial charge in [0.1, 0.15) is 0 Å². The van der Waals surface area contributed by atoms with Gasteiger partial charge in [0.05, 0.1) is 6.61 Å². The Morgan fingerprint density at radius 1 is 1.40 bits per heavy atom. The van der Waals surface area contributed by atoms with Gasteiger partial charge in [-0.1, -0.05) is 13.3 Å². The molecule has 0 aliphatic carbocycles. The largest absolute Gasteiger partial charge is 0.381 e. The molecule has 0 aromatic heterocycles. The Kier molecular flexibility index (Phi) is 6.22. The maximum Gasteiger partial charge on any atom is 0.0536 e. The first-order valence-corrected chi connectivity index (χ1v) is 6.13. The number of unbranched alkanes of at least 4 members (excludes halogenated alkanes) is 1. The van der Waals surface area contributed by atoms with E-state index < -0.39 is 0 Å². The van der Waals surface area contributed by atoms with Gasteiger partial charge >= 0.3 is 0 Å². The van der Waals surface area contributed by atoms with Crippen LogP contribution in [0.4, 0.5) is 0 Å². The zero-order chi connectivity index (χ0) is 11.0. The summed E-state index contributed by atoms with van der Waals surface area (Å²) >= 11 is 0. The quantitative estimate of drug-likeness (QED) is 0.627. The van der Waals surface area contributed by atoms with Crippen molar-refractivity contribution in [3.8, 4) is 0 Å². The second-order valence-corrected chi connectivity index (χ2v) is 4.55. The van der Waals surface area contributed by atoms with Crippen LogP contribution < -0.4 is 5.32 Å². The summed E-state index contributed by atoms with van der Waals surface area (Å²) in [5, 5.41) is 3.27. The second kappa shape index (κ2) is 7.20. The number of hydrogen-bond donors (Lipinski definition) is 1. The van der Waals surface area contributed by atoms with Crippen LogP contribution in [0.2, 0.25) is 0 Å². The van der Waals surface area contributed by atoms with E-state index in [2.05, 4.69) is 12.2 Å². The van der Waals surface area contributed by atoms with E-state index in [-0.39, 0.29) is 0 Å². The standard InChI is InChI=1S/C12H25NO2/c1-3-4-7-14-8-5-12(10-13-2)6-9-15-11-12/h13H,3-11H2,1-2H3. The van der Waals surface area contributed by atoms with E-state index in [1.54, 1.807) is 0 Å². The van der Waals surface area contributed by atoms with Gasteiger partial charge in [-0.25, -0.2) is 0 Å². The Bertz CT molecular complexity index is 156. The van der Waals surface area contributed by atoms with E-state index >= 15 is 0 Å². The third-order valence-corrected chi connectivity index (χ3v) is 3.16. The zero-order valence-electron chi connectivity index (χ0n) is 10.2. The topological polar surface area (TPSA) is 30.5 Å². The summed E-state index contributed by atoms with van der Waals surface area (Å²) < 4.78 is 11.1. The van der Waals surface area contributed by atoms with Gasteiger partial charge in [0.15, 0.2) is 0 Å². The maximum atomic E-state index is 5.62. The molecule has 3 nitrogen and oxygen atoms in total. The lowest BCUT2D eigenvalue weighted by Crippen LogP contribution is -2.34. The molecular weight excluding hydrogens is 190 g/mol. The summed E-state index contributed by atoms with van der Waals surface area (Å²) in [6.07, 6.45) is 4.68. The smallest absolute Gasteiger partial charge is 0.0536 e. The Morgan fingerprint density at radius 3 is 2.87 bits per heavy atom. The average Bonchev–Trinajstić information content (AvgIpc) is 2.67. The summed E-state index contributed by atoms with van der Waals surface area (Å²) in [5.41, 5.74) is 0.334. The van der Waals surface area contributed by atoms with E-state index in [0.717, 1.165) is 39.4 Å². The van der Waals surface area contributed by atoms with Crippen molar-refractivity contribution in [1.82, 2.24) is 5.32 Å². The first-order valence-electron chi connectivity index (χ1n) is 6.13. The molecule has 0 bridgehead atoms. The number of ether oxygens (including phenoxy) is 2. The van der Waals surface area contributed by atoms with Crippen LogP contribution in [-0.4, -0.2) is 40.0 Å². The molecule has 0 radical (unpaired) electrons. The average molecular weight is 215 g/mol. The predicted octanol–water partition coefficient (Wildman–Crippen LogP) is 1.82. The minimum Gasteiger partial charge on any atom is -0.381 e. The van der Waals surface area contributed by atoms with Crippen molar-refractivity contribution >= 4 is 0 Å². The normalized spacial score (nSPS) is 26.0. The summed E-state index contributed by atoms with van der Waals surface area (Å²) in [4.78, 5) is 0. The first-order chi connectivity index (χ1) is 7.33. The molecule has 0 amide bonds. The number of rotatable bonds is 8. The fourth-order valence-electron chi connectivity index (χ4n) is 2.09. The van der Waals surface area contributed by atoms with Crippen molar-refractivity contribution in [3.05, 3.63) is 0 Å². The highest BCUT2D eigenvalue weighted by Gasteiger charge is 2.33. The van der Waals surface area contributed by atoms with Gasteiger partial charge in [0, 0.05) is 31.8 Å². The maximum absolute atomic E-state index is 5.62. The molecule has 1 N–H and O–H groups in total. The molecule has 0 aromatic rings. The van der Waals surface area contributed by atoms with Crippen LogP contribution in [0.1, 0.15) is 32.6 Å². The summed E-state index contributed by atoms with van der Waals surface area (Å²) in [5.74, 6) is 0. The van der Waals surface area contributed by atoms with Crippen molar-refractivity contribution in [2.24, 2.45) is 5.41 Å². The van der Waals surface area contributed by atoms with Gasteiger partial charge in [-0.05, 0) is 26.3 Å². The van der Waals surface area contributed by atoms with Crippen LogP contribution in [0.5, 0.6) is 0 Å². The molecule has 3 heteroatoms. The van der Waals surface area contributed by atoms with Crippen LogP contribution in [-0.2, 0) is 9.47 Å². The molecule has 1 heterocycles. The molecule has 1 aliphatic rings. The molecular formula is C12H25NO2. The molecule has 1 fully saturated rings. The highest BCUT2D eigenvalue weighted by Crippen LogP contribution is 2.31. The lowest BCUT2D eigenvalue weighted by atomic mass is 9.84. The first kappa shape index (κ1) is 12.9. The minimum absolute atomic E-state index is 0.334. The van der Waals surface area contributed by atoms with Crippen molar-refractivity contribution in [2.45, 2.75) is 32.6 Å². The van der Waals surface area contributed by atoms with E-state index in [4.69, 9.17) is 9.47 Å². The van der Waals surface area contributed by atoms with Gasteiger partial charge in [-0.3, -0.25) is 0 Å². The number of nitrogens with one attached hydrogen (secondary N) is 1. The number of hydrogen-bond acceptors (Lipinski definition) is 3. The van der Waals surface area contributed by atoms with Crippen molar-refractivity contribution in [3.63, 3.8) is 0 Å². The lowest BCUT2D eigenvalue weighted by molar-refractivity contribution is 0.0798. The van der Waals surface area contributed by atoms with Crippen molar-refractivity contribution < 1.29 is 9.47 Å². The van der Waals surface area contributed by atoms with Crippen molar-refractivity contribution in [1.29, 1.82) is 0 Å². The van der Waals surface area contributed by atoms with Gasteiger partial charge in [-0.15, -0.1) is 0 Å². The molecule has 1 unspecified atom stereocenters. The molecule has 0 saturated carbocycles. The van der Waals surface area contributed by atoms with Crippen LogP contribution in [0.3, 0.4) is 0 Å². The second-order valence-electron chi connectivity index (χ2n) is 4.55. The molecule has 1 aliphatic heterocycles. The highest BCUT2D eigenvalue weighted by atomic mass is 16.5. The van der Waals surface area contributed by atoms with E-state index in [1.807, 2.05) is 7.05 Å². The van der Waals surface area contributed by atoms with E-state index in [0.29, 0.717) is 5.41 Å². The van der Waals surface area contributed by atoms with Crippen LogP contribution >= 0.6 is 0 Å². The Balaban J connectivity index is 2.14. The third-order valence-electron chi connectivity index (χ3n) is 3.16. The molecule has 0 spiro atoms. The third kappa shape index (κ3) is 4.49. The van der Waals surface area contributed by atoms with Crippen LogP contribution in [0.25, 0.3) is 0 Å². The Labute approximate surface area is 93.5 Å². The Hall–Kier alpha value is -0.120. The van der Waals surface area contributed by atoms with E-state index in [1.165, 1.54) is 19.3 Å². The van der Waals surface area contributed by atoms with Crippen LogP contribution in [0.15, 0.2) is 0 Å². The van der Waals surface area contributed by atoms with Gasteiger partial charge in [-0.2, -0.15) is 0 Å². The van der Waals surface area contributed by atoms with Crippen molar-refractivity contribution in [2.75, 3.05) is 40.0 Å². The fraction of sp³-hybridized carbons (Fsp3) is 1.00. The highest BCUT2D eigenvalue weighted by molar-refractivity contribution is 4.84. The molecule has 0 aromatic carbocycles.